The van der Waals surface area contributed by atoms with Gasteiger partial charge in [0.1, 0.15) is 5.69 Å². The summed E-state index contributed by atoms with van der Waals surface area (Å²) in [6.45, 7) is 3.93. The van der Waals surface area contributed by atoms with E-state index in [9.17, 15) is 4.79 Å². The number of hydrogen-bond acceptors (Lipinski definition) is 3. The molecule has 3 rings (SSSR count). The Kier molecular flexibility index (Phi) is 5.14. The highest BCUT2D eigenvalue weighted by Crippen LogP contribution is 2.28. The number of rotatable bonds is 5. The average Bonchev–Trinajstić information content (AvgIpc) is 2.65. The highest BCUT2D eigenvalue weighted by Gasteiger charge is 2.24. The lowest BCUT2D eigenvalue weighted by molar-refractivity contribution is 0.0980. The second kappa shape index (κ2) is 7.47. The molecule has 1 aliphatic heterocycles. The third-order valence-corrected chi connectivity index (χ3v) is 4.61. The van der Waals surface area contributed by atoms with Crippen molar-refractivity contribution in [2.75, 3.05) is 29.9 Å². The van der Waals surface area contributed by atoms with Gasteiger partial charge in [-0.1, -0.05) is 31.5 Å². The molecule has 0 aliphatic carbocycles. The van der Waals surface area contributed by atoms with Gasteiger partial charge in [-0.15, -0.1) is 0 Å². The number of unbranched alkanes of at least 4 members (excludes halogenated alkanes) is 1. The lowest BCUT2D eigenvalue weighted by atomic mass is 10.0. The number of benzene rings is 1. The van der Waals surface area contributed by atoms with Crippen molar-refractivity contribution in [1.82, 2.24) is 4.98 Å². The molecule has 0 unspecified atom stereocenters. The van der Waals surface area contributed by atoms with Crippen molar-refractivity contribution in [2.24, 2.45) is 0 Å². The Labute approximate surface area is 144 Å². The summed E-state index contributed by atoms with van der Waals surface area (Å²) < 4.78 is 0. The molecule has 0 spiro atoms. The van der Waals surface area contributed by atoms with Crippen LogP contribution in [-0.2, 0) is 6.42 Å². The normalized spacial score (nSPS) is 13.5. The number of pyridine rings is 1. The molecule has 2 aromatic rings. The maximum absolute atomic E-state index is 13.0. The number of fused-ring (bicyclic) bond motifs is 1. The average molecular weight is 323 g/mol. The molecular weight excluding hydrogens is 298 g/mol. The van der Waals surface area contributed by atoms with E-state index in [1.165, 1.54) is 5.56 Å². The summed E-state index contributed by atoms with van der Waals surface area (Å²) in [6, 6.07) is 12.0. The molecule has 0 bridgehead atoms. The van der Waals surface area contributed by atoms with E-state index in [0.717, 1.165) is 50.1 Å². The third-order valence-electron chi connectivity index (χ3n) is 4.61. The van der Waals surface area contributed by atoms with Gasteiger partial charge >= 0.3 is 0 Å². The largest absolute Gasteiger partial charge is 0.374 e. The van der Waals surface area contributed by atoms with Crippen LogP contribution in [0.3, 0.4) is 0 Å². The zero-order chi connectivity index (χ0) is 16.9. The predicted molar refractivity (Wildman–Crippen MR) is 98.9 cm³/mol. The fraction of sp³-hybridized carbons (Fsp3) is 0.400. The molecule has 126 valence electrons. The second-order valence-corrected chi connectivity index (χ2v) is 6.36. The Hall–Kier alpha value is -2.36. The number of carbonyl (C=O) groups excluding carboxylic acids is 1. The topological polar surface area (TPSA) is 36.4 Å². The van der Waals surface area contributed by atoms with Gasteiger partial charge in [-0.2, -0.15) is 0 Å². The van der Waals surface area contributed by atoms with Crippen molar-refractivity contribution in [2.45, 2.75) is 32.6 Å². The molecule has 1 aliphatic rings. The molecule has 4 heteroatoms. The number of anilines is 2. The van der Waals surface area contributed by atoms with E-state index < -0.39 is 0 Å². The van der Waals surface area contributed by atoms with Crippen LogP contribution in [0.5, 0.6) is 0 Å². The fourth-order valence-corrected chi connectivity index (χ4v) is 3.18. The molecule has 0 N–H and O–H groups in total. The zero-order valence-corrected chi connectivity index (χ0v) is 14.5. The van der Waals surface area contributed by atoms with Crippen molar-refractivity contribution in [3.8, 4) is 0 Å². The minimum atomic E-state index is -0.00658. The van der Waals surface area contributed by atoms with Crippen molar-refractivity contribution in [1.29, 1.82) is 0 Å². The standard InChI is InChI=1S/C20H25N3O/c1-3-4-13-22(2)17-11-12-21-18(15-17)20(24)23-14-7-9-16-8-5-6-10-19(16)23/h5-6,8,10-12,15H,3-4,7,9,13-14H2,1-2H3. The molecule has 0 saturated carbocycles. The maximum atomic E-state index is 13.0. The van der Waals surface area contributed by atoms with E-state index in [1.807, 2.05) is 35.2 Å². The van der Waals surface area contributed by atoms with Crippen LogP contribution in [0.25, 0.3) is 0 Å². The molecule has 0 fully saturated rings. The van der Waals surface area contributed by atoms with Crippen LogP contribution in [-0.4, -0.2) is 31.0 Å². The van der Waals surface area contributed by atoms with Crippen LogP contribution >= 0.6 is 0 Å². The van der Waals surface area contributed by atoms with E-state index in [1.54, 1.807) is 6.20 Å². The summed E-state index contributed by atoms with van der Waals surface area (Å²) in [5, 5.41) is 0. The highest BCUT2D eigenvalue weighted by atomic mass is 16.2. The first-order chi connectivity index (χ1) is 11.7. The van der Waals surface area contributed by atoms with Gasteiger partial charge in [-0.3, -0.25) is 9.78 Å². The predicted octanol–water partition coefficient (Wildman–Crippen LogP) is 3.91. The van der Waals surface area contributed by atoms with Gasteiger partial charge in [0, 0.05) is 37.7 Å². The summed E-state index contributed by atoms with van der Waals surface area (Å²) >= 11 is 0. The lowest BCUT2D eigenvalue weighted by Crippen LogP contribution is -2.36. The Morgan fingerprint density at radius 1 is 1.29 bits per heavy atom. The summed E-state index contributed by atoms with van der Waals surface area (Å²) in [6.07, 6.45) is 6.07. The van der Waals surface area contributed by atoms with Gasteiger partial charge in [0.05, 0.1) is 0 Å². The first-order valence-electron chi connectivity index (χ1n) is 8.77. The molecule has 2 heterocycles. The summed E-state index contributed by atoms with van der Waals surface area (Å²) in [7, 11) is 2.06. The van der Waals surface area contributed by atoms with Crippen LogP contribution in [0, 0.1) is 0 Å². The Morgan fingerprint density at radius 3 is 2.96 bits per heavy atom. The van der Waals surface area contributed by atoms with Gasteiger partial charge in [-0.05, 0) is 43.0 Å². The second-order valence-electron chi connectivity index (χ2n) is 6.36. The van der Waals surface area contributed by atoms with Gasteiger partial charge in [0.2, 0.25) is 0 Å². The number of amides is 1. The Morgan fingerprint density at radius 2 is 2.12 bits per heavy atom. The number of carbonyl (C=O) groups is 1. The smallest absolute Gasteiger partial charge is 0.276 e. The van der Waals surface area contributed by atoms with Crippen LogP contribution in [0.4, 0.5) is 11.4 Å². The minimum Gasteiger partial charge on any atom is -0.374 e. The van der Waals surface area contributed by atoms with E-state index in [4.69, 9.17) is 0 Å². The molecule has 0 radical (unpaired) electrons. The monoisotopic (exact) mass is 323 g/mol. The van der Waals surface area contributed by atoms with Gasteiger partial charge in [0.25, 0.3) is 5.91 Å². The van der Waals surface area contributed by atoms with E-state index in [-0.39, 0.29) is 5.91 Å². The molecule has 4 nitrogen and oxygen atoms in total. The number of aromatic nitrogens is 1. The number of aryl methyl sites for hydroxylation is 1. The first kappa shape index (κ1) is 16.5. The van der Waals surface area contributed by atoms with E-state index in [0.29, 0.717) is 5.69 Å². The summed E-state index contributed by atoms with van der Waals surface area (Å²) in [4.78, 5) is 21.4. The SMILES string of the molecule is CCCCN(C)c1ccnc(C(=O)N2CCCc3ccccc32)c1. The molecule has 24 heavy (non-hydrogen) atoms. The van der Waals surface area contributed by atoms with E-state index in [2.05, 4.69) is 29.9 Å². The van der Waals surface area contributed by atoms with Crippen LogP contribution in [0.15, 0.2) is 42.6 Å². The molecule has 0 saturated heterocycles. The molecular formula is C20H25N3O. The number of nitrogens with zero attached hydrogens (tertiary/aromatic N) is 3. The van der Waals surface area contributed by atoms with Crippen LogP contribution in [0.2, 0.25) is 0 Å². The zero-order valence-electron chi connectivity index (χ0n) is 14.5. The van der Waals surface area contributed by atoms with Gasteiger partial charge in [-0.25, -0.2) is 0 Å². The number of para-hydroxylation sites is 1. The third kappa shape index (κ3) is 3.42. The van der Waals surface area contributed by atoms with Crippen molar-refractivity contribution in [3.05, 3.63) is 53.9 Å². The Balaban J connectivity index is 1.84. The molecule has 1 amide bonds. The highest BCUT2D eigenvalue weighted by molar-refractivity contribution is 6.05. The van der Waals surface area contributed by atoms with Gasteiger partial charge < -0.3 is 9.80 Å². The Bertz CT molecular complexity index is 714. The van der Waals surface area contributed by atoms with Crippen LogP contribution < -0.4 is 9.80 Å². The van der Waals surface area contributed by atoms with Gasteiger partial charge in [0.15, 0.2) is 0 Å². The first-order valence-corrected chi connectivity index (χ1v) is 8.77. The fourth-order valence-electron chi connectivity index (χ4n) is 3.18. The summed E-state index contributed by atoms with van der Waals surface area (Å²) in [5.41, 5.74) is 3.84. The quantitative estimate of drug-likeness (QED) is 0.837. The maximum Gasteiger partial charge on any atom is 0.276 e. The molecule has 1 aromatic carbocycles. The summed E-state index contributed by atoms with van der Waals surface area (Å²) in [5.74, 6) is -0.00658. The number of hydrogen-bond donors (Lipinski definition) is 0. The van der Waals surface area contributed by atoms with Crippen LogP contribution in [0.1, 0.15) is 42.2 Å². The van der Waals surface area contributed by atoms with E-state index >= 15 is 0 Å². The molecule has 1 aromatic heterocycles. The van der Waals surface area contributed by atoms with Crippen molar-refractivity contribution in [3.63, 3.8) is 0 Å². The molecule has 0 atom stereocenters. The lowest BCUT2D eigenvalue weighted by Gasteiger charge is -2.29. The van der Waals surface area contributed by atoms with Crippen molar-refractivity contribution < 1.29 is 4.79 Å². The minimum absolute atomic E-state index is 0.00658. The van der Waals surface area contributed by atoms with Crippen molar-refractivity contribution >= 4 is 17.3 Å².